The zero-order chi connectivity index (χ0) is 12.3. The number of hydrogen-bond donors (Lipinski definition) is 2. The number of rotatable bonds is 7. The third kappa shape index (κ3) is 3.77. The van der Waals surface area contributed by atoms with Crippen molar-refractivity contribution in [2.24, 2.45) is 0 Å². The third-order valence-corrected chi connectivity index (χ3v) is 5.86. The van der Waals surface area contributed by atoms with Crippen molar-refractivity contribution in [3.05, 3.63) is 17.0 Å². The molecule has 0 aromatic carbocycles. The van der Waals surface area contributed by atoms with Gasteiger partial charge in [-0.15, -0.1) is 11.3 Å². The van der Waals surface area contributed by atoms with E-state index < -0.39 is 10.0 Å². The van der Waals surface area contributed by atoms with E-state index in [4.69, 9.17) is 0 Å². The minimum Gasteiger partial charge on any atom is -0.313 e. The average molecular weight is 274 g/mol. The monoisotopic (exact) mass is 274 g/mol. The van der Waals surface area contributed by atoms with Crippen molar-refractivity contribution < 1.29 is 8.42 Å². The zero-order valence-corrected chi connectivity index (χ0v) is 11.5. The van der Waals surface area contributed by atoms with Crippen LogP contribution in [0.2, 0.25) is 0 Å². The van der Waals surface area contributed by atoms with E-state index in [1.165, 1.54) is 24.2 Å². The highest BCUT2D eigenvalue weighted by atomic mass is 32.2. The number of thiophene rings is 1. The molecule has 0 bridgehead atoms. The lowest BCUT2D eigenvalue weighted by Gasteiger charge is -2.05. The highest BCUT2D eigenvalue weighted by molar-refractivity contribution is 7.91. The van der Waals surface area contributed by atoms with Gasteiger partial charge >= 0.3 is 0 Å². The summed E-state index contributed by atoms with van der Waals surface area (Å²) in [6.07, 6.45) is 3.32. The second kappa shape index (κ2) is 5.48. The molecule has 1 aliphatic rings. The lowest BCUT2D eigenvalue weighted by molar-refractivity contribution is 0.577. The fourth-order valence-corrected chi connectivity index (χ4v) is 3.88. The topological polar surface area (TPSA) is 58.2 Å². The molecule has 0 amide bonds. The first-order chi connectivity index (χ1) is 8.12. The van der Waals surface area contributed by atoms with Crippen LogP contribution in [0.25, 0.3) is 0 Å². The van der Waals surface area contributed by atoms with Crippen molar-refractivity contribution in [1.82, 2.24) is 10.0 Å². The van der Waals surface area contributed by atoms with E-state index in [2.05, 4.69) is 10.0 Å². The van der Waals surface area contributed by atoms with Gasteiger partial charge in [0.15, 0.2) is 0 Å². The van der Waals surface area contributed by atoms with E-state index in [9.17, 15) is 8.42 Å². The summed E-state index contributed by atoms with van der Waals surface area (Å²) in [5, 5.41) is 3.27. The second-order valence-corrected chi connectivity index (χ2v) is 7.36. The standard InChI is InChI=1S/C11H18N2O2S2/c1-2-10-5-6-11(16-10)17(14,15)13-8-7-12-9-3-4-9/h5-6,9,12-13H,2-4,7-8H2,1H3. The molecule has 1 aromatic rings. The predicted molar refractivity (Wildman–Crippen MR) is 69.9 cm³/mol. The van der Waals surface area contributed by atoms with E-state index in [-0.39, 0.29) is 0 Å². The van der Waals surface area contributed by atoms with Gasteiger partial charge in [-0.25, -0.2) is 13.1 Å². The molecule has 4 nitrogen and oxygen atoms in total. The second-order valence-electron chi connectivity index (χ2n) is 4.20. The molecule has 0 unspecified atom stereocenters. The fourth-order valence-electron chi connectivity index (χ4n) is 1.51. The van der Waals surface area contributed by atoms with Crippen molar-refractivity contribution in [3.63, 3.8) is 0 Å². The van der Waals surface area contributed by atoms with Crippen molar-refractivity contribution in [2.75, 3.05) is 13.1 Å². The third-order valence-electron chi connectivity index (χ3n) is 2.68. The highest BCUT2D eigenvalue weighted by Crippen LogP contribution is 2.21. The Hall–Kier alpha value is -0.430. The quantitative estimate of drug-likeness (QED) is 0.738. The molecule has 0 saturated heterocycles. The Bertz CT molecular complexity index is 464. The fraction of sp³-hybridized carbons (Fsp3) is 0.636. The molecule has 0 radical (unpaired) electrons. The molecule has 0 spiro atoms. The lowest BCUT2D eigenvalue weighted by Crippen LogP contribution is -2.32. The van der Waals surface area contributed by atoms with Crippen LogP contribution in [0.5, 0.6) is 0 Å². The summed E-state index contributed by atoms with van der Waals surface area (Å²) >= 11 is 1.35. The lowest BCUT2D eigenvalue weighted by atomic mass is 10.4. The number of aryl methyl sites for hydroxylation is 1. The van der Waals surface area contributed by atoms with Crippen LogP contribution in [-0.4, -0.2) is 27.5 Å². The minimum atomic E-state index is -3.30. The Balaban J connectivity index is 1.84. The van der Waals surface area contributed by atoms with E-state index in [0.717, 1.165) is 11.3 Å². The molecular weight excluding hydrogens is 256 g/mol. The van der Waals surface area contributed by atoms with Gasteiger partial charge < -0.3 is 5.32 Å². The highest BCUT2D eigenvalue weighted by Gasteiger charge is 2.20. The molecule has 1 aliphatic carbocycles. The Morgan fingerprint density at radius 2 is 2.12 bits per heavy atom. The summed E-state index contributed by atoms with van der Waals surface area (Å²) in [4.78, 5) is 1.10. The number of nitrogens with one attached hydrogen (secondary N) is 2. The van der Waals surface area contributed by atoms with Gasteiger partial charge in [0.25, 0.3) is 0 Å². The summed E-state index contributed by atoms with van der Waals surface area (Å²) in [5.74, 6) is 0. The van der Waals surface area contributed by atoms with Crippen LogP contribution in [0, 0.1) is 0 Å². The molecule has 1 fully saturated rings. The molecule has 1 aromatic heterocycles. The van der Waals surface area contributed by atoms with E-state index in [0.29, 0.717) is 23.3 Å². The molecule has 2 rings (SSSR count). The van der Waals surface area contributed by atoms with Crippen LogP contribution in [0.3, 0.4) is 0 Å². The molecule has 0 aliphatic heterocycles. The van der Waals surface area contributed by atoms with E-state index in [1.807, 2.05) is 13.0 Å². The minimum absolute atomic E-state index is 0.417. The summed E-state index contributed by atoms with van der Waals surface area (Å²) in [5.41, 5.74) is 0. The van der Waals surface area contributed by atoms with Gasteiger partial charge in [0.05, 0.1) is 0 Å². The van der Waals surface area contributed by atoms with Gasteiger partial charge in [0.1, 0.15) is 4.21 Å². The van der Waals surface area contributed by atoms with Crippen LogP contribution in [0.4, 0.5) is 0 Å². The predicted octanol–water partition coefficient (Wildman–Crippen LogP) is 1.34. The summed E-state index contributed by atoms with van der Waals surface area (Å²) in [6, 6.07) is 4.18. The van der Waals surface area contributed by atoms with Gasteiger partial charge in [-0.1, -0.05) is 6.92 Å². The molecule has 96 valence electrons. The number of sulfonamides is 1. The van der Waals surface area contributed by atoms with Crippen LogP contribution < -0.4 is 10.0 Å². The first-order valence-electron chi connectivity index (χ1n) is 5.93. The van der Waals surface area contributed by atoms with Crippen LogP contribution >= 0.6 is 11.3 Å². The van der Waals surface area contributed by atoms with Crippen LogP contribution in [0.1, 0.15) is 24.6 Å². The molecular formula is C11H18N2O2S2. The van der Waals surface area contributed by atoms with Gasteiger partial charge in [-0.05, 0) is 31.4 Å². The first-order valence-corrected chi connectivity index (χ1v) is 8.23. The van der Waals surface area contributed by atoms with Crippen molar-refractivity contribution in [2.45, 2.75) is 36.4 Å². The largest absolute Gasteiger partial charge is 0.313 e. The average Bonchev–Trinajstić information content (AvgIpc) is 2.98. The van der Waals surface area contributed by atoms with Crippen LogP contribution in [0.15, 0.2) is 16.3 Å². The molecule has 2 N–H and O–H groups in total. The summed E-state index contributed by atoms with van der Waals surface area (Å²) < 4.78 is 26.8. The molecule has 0 atom stereocenters. The molecule has 1 saturated carbocycles. The zero-order valence-electron chi connectivity index (χ0n) is 9.90. The van der Waals surface area contributed by atoms with Crippen molar-refractivity contribution in [3.8, 4) is 0 Å². The Kier molecular flexibility index (Phi) is 4.19. The molecule has 1 heterocycles. The maximum atomic E-state index is 11.9. The van der Waals surface area contributed by atoms with Gasteiger partial charge in [0.2, 0.25) is 10.0 Å². The van der Waals surface area contributed by atoms with Crippen molar-refractivity contribution >= 4 is 21.4 Å². The van der Waals surface area contributed by atoms with Crippen molar-refractivity contribution in [1.29, 1.82) is 0 Å². The van der Waals surface area contributed by atoms with Gasteiger partial charge in [-0.2, -0.15) is 0 Å². The maximum absolute atomic E-state index is 11.9. The smallest absolute Gasteiger partial charge is 0.250 e. The maximum Gasteiger partial charge on any atom is 0.250 e. The van der Waals surface area contributed by atoms with Crippen LogP contribution in [-0.2, 0) is 16.4 Å². The SMILES string of the molecule is CCc1ccc(S(=O)(=O)NCCNC2CC2)s1. The molecule has 6 heteroatoms. The first kappa shape index (κ1) is 13.0. The van der Waals surface area contributed by atoms with Gasteiger partial charge in [0, 0.05) is 24.0 Å². The van der Waals surface area contributed by atoms with Gasteiger partial charge in [-0.3, -0.25) is 0 Å². The Morgan fingerprint density at radius 1 is 1.35 bits per heavy atom. The van der Waals surface area contributed by atoms with E-state index in [1.54, 1.807) is 6.07 Å². The Labute approximate surface area is 106 Å². The normalized spacial score (nSPS) is 16.3. The summed E-state index contributed by atoms with van der Waals surface area (Å²) in [7, 11) is -3.30. The number of hydrogen-bond acceptors (Lipinski definition) is 4. The van der Waals surface area contributed by atoms with E-state index >= 15 is 0 Å². The summed E-state index contributed by atoms with van der Waals surface area (Å²) in [6.45, 7) is 3.18. The Morgan fingerprint density at radius 3 is 2.71 bits per heavy atom. The molecule has 17 heavy (non-hydrogen) atoms.